The first kappa shape index (κ1) is 15.6. The smallest absolute Gasteiger partial charge is 0.243 e. The summed E-state index contributed by atoms with van der Waals surface area (Å²) in [6.45, 7) is 6.34. The molecule has 2 N–H and O–H groups in total. The van der Waals surface area contributed by atoms with Crippen LogP contribution in [0.2, 0.25) is 0 Å². The molecule has 0 fully saturated rings. The van der Waals surface area contributed by atoms with Crippen molar-refractivity contribution in [3.63, 3.8) is 0 Å². The maximum atomic E-state index is 11.9. The van der Waals surface area contributed by atoms with Crippen LogP contribution in [-0.4, -0.2) is 19.1 Å². The zero-order valence-corrected chi connectivity index (χ0v) is 12.6. The summed E-state index contributed by atoms with van der Waals surface area (Å²) in [4.78, 5) is 11.9. The Morgan fingerprint density at radius 1 is 1.09 bits per heavy atom. The molecule has 0 bridgehead atoms. The highest BCUT2D eigenvalue weighted by Crippen LogP contribution is 2.23. The quantitative estimate of drug-likeness (QED) is 0.766. The van der Waals surface area contributed by atoms with Gasteiger partial charge in [0, 0.05) is 5.69 Å². The van der Waals surface area contributed by atoms with E-state index >= 15 is 0 Å². The average Bonchev–Trinajstić information content (AvgIpc) is 2.52. The van der Waals surface area contributed by atoms with Gasteiger partial charge >= 0.3 is 0 Å². The van der Waals surface area contributed by atoms with E-state index in [9.17, 15) is 4.79 Å². The highest BCUT2D eigenvalue weighted by Gasteiger charge is 2.06. The van der Waals surface area contributed by atoms with Gasteiger partial charge in [-0.15, -0.1) is 0 Å². The van der Waals surface area contributed by atoms with Gasteiger partial charge in [-0.05, 0) is 36.8 Å². The number of benzene rings is 2. The van der Waals surface area contributed by atoms with Crippen molar-refractivity contribution in [1.29, 1.82) is 0 Å². The van der Waals surface area contributed by atoms with Crippen LogP contribution >= 0.6 is 0 Å². The van der Waals surface area contributed by atoms with E-state index in [1.807, 2.05) is 61.5 Å². The molecule has 0 heterocycles. The van der Waals surface area contributed by atoms with Crippen LogP contribution in [0.3, 0.4) is 0 Å². The minimum Gasteiger partial charge on any atom is -0.487 e. The zero-order chi connectivity index (χ0) is 15.8. The fourth-order valence-electron chi connectivity index (χ4n) is 1.84. The Hall–Kier alpha value is -2.75. The normalized spacial score (nSPS) is 9.86. The summed E-state index contributed by atoms with van der Waals surface area (Å²) in [5, 5.41) is 5.92. The van der Waals surface area contributed by atoms with Gasteiger partial charge in [0.1, 0.15) is 12.4 Å². The fraction of sp³-hybridized carbons (Fsp3) is 0.167. The van der Waals surface area contributed by atoms with E-state index in [2.05, 4.69) is 17.2 Å². The van der Waals surface area contributed by atoms with Crippen LogP contribution < -0.4 is 15.4 Å². The van der Waals surface area contributed by atoms with Crippen molar-refractivity contribution in [3.8, 4) is 5.75 Å². The summed E-state index contributed by atoms with van der Waals surface area (Å²) >= 11 is 0. The number of para-hydroxylation sites is 3. The molecule has 0 spiro atoms. The summed E-state index contributed by atoms with van der Waals surface area (Å²) in [6.07, 6.45) is 0. The molecule has 22 heavy (non-hydrogen) atoms. The highest BCUT2D eigenvalue weighted by molar-refractivity contribution is 5.93. The summed E-state index contributed by atoms with van der Waals surface area (Å²) in [7, 11) is 0. The van der Waals surface area contributed by atoms with Crippen molar-refractivity contribution in [2.75, 3.05) is 23.8 Å². The number of nitrogens with one attached hydrogen (secondary N) is 2. The molecular formula is C18H20N2O2. The number of hydrogen-bond acceptors (Lipinski definition) is 3. The number of anilines is 2. The molecule has 0 aromatic heterocycles. The number of carbonyl (C=O) groups is 1. The van der Waals surface area contributed by atoms with Crippen LogP contribution in [0.4, 0.5) is 11.4 Å². The van der Waals surface area contributed by atoms with Crippen molar-refractivity contribution in [2.45, 2.75) is 6.92 Å². The molecule has 0 unspecified atom stereocenters. The van der Waals surface area contributed by atoms with Gasteiger partial charge in [0.05, 0.1) is 12.2 Å². The lowest BCUT2D eigenvalue weighted by Gasteiger charge is -2.13. The van der Waals surface area contributed by atoms with Gasteiger partial charge in [-0.2, -0.15) is 0 Å². The van der Waals surface area contributed by atoms with E-state index in [4.69, 9.17) is 4.74 Å². The van der Waals surface area contributed by atoms with Crippen molar-refractivity contribution in [2.24, 2.45) is 0 Å². The van der Waals surface area contributed by atoms with Crippen LogP contribution in [-0.2, 0) is 4.79 Å². The third-order valence-corrected chi connectivity index (χ3v) is 2.86. The molecule has 0 saturated carbocycles. The zero-order valence-electron chi connectivity index (χ0n) is 12.6. The molecule has 0 aliphatic heterocycles. The third kappa shape index (κ3) is 4.98. The first-order valence-corrected chi connectivity index (χ1v) is 7.10. The molecule has 0 aliphatic rings. The number of carbonyl (C=O) groups excluding carboxylic acids is 1. The van der Waals surface area contributed by atoms with Gasteiger partial charge < -0.3 is 15.4 Å². The predicted octanol–water partition coefficient (Wildman–Crippen LogP) is 3.69. The first-order chi connectivity index (χ1) is 10.6. The van der Waals surface area contributed by atoms with E-state index in [0.717, 1.165) is 16.9 Å². The molecule has 4 heteroatoms. The number of hydrogen-bond donors (Lipinski definition) is 2. The number of amides is 1. The number of rotatable bonds is 7. The minimum absolute atomic E-state index is 0.110. The Morgan fingerprint density at radius 2 is 1.77 bits per heavy atom. The lowest BCUT2D eigenvalue weighted by Crippen LogP contribution is -2.22. The Morgan fingerprint density at radius 3 is 2.50 bits per heavy atom. The lowest BCUT2D eigenvalue weighted by atomic mass is 10.3. The Kier molecular flexibility index (Phi) is 5.60. The van der Waals surface area contributed by atoms with E-state index in [0.29, 0.717) is 12.4 Å². The lowest BCUT2D eigenvalue weighted by molar-refractivity contribution is -0.114. The van der Waals surface area contributed by atoms with E-state index in [-0.39, 0.29) is 12.5 Å². The maximum Gasteiger partial charge on any atom is 0.243 e. The van der Waals surface area contributed by atoms with E-state index in [1.54, 1.807) is 0 Å². The summed E-state index contributed by atoms with van der Waals surface area (Å²) in [6, 6.07) is 16.9. The molecule has 1 amide bonds. The topological polar surface area (TPSA) is 50.4 Å². The summed E-state index contributed by atoms with van der Waals surface area (Å²) < 4.78 is 5.66. The number of ether oxygens (including phenoxy) is 1. The standard InChI is InChI=1S/C18H20N2O2/c1-14(2)13-22-17-11-7-6-10-16(17)19-12-18(21)20-15-8-4-3-5-9-15/h3-11,19H,1,12-13H2,2H3,(H,20,21). The fourth-order valence-corrected chi connectivity index (χ4v) is 1.84. The molecule has 0 saturated heterocycles. The van der Waals surface area contributed by atoms with Gasteiger partial charge in [-0.1, -0.05) is 36.9 Å². The molecule has 0 radical (unpaired) electrons. The second kappa shape index (κ2) is 7.88. The van der Waals surface area contributed by atoms with Gasteiger partial charge in [0.15, 0.2) is 0 Å². The predicted molar refractivity (Wildman–Crippen MR) is 90.3 cm³/mol. The van der Waals surface area contributed by atoms with Gasteiger partial charge in [-0.25, -0.2) is 0 Å². The molecule has 114 valence electrons. The van der Waals surface area contributed by atoms with Gasteiger partial charge in [-0.3, -0.25) is 4.79 Å². The summed E-state index contributed by atoms with van der Waals surface area (Å²) in [5.74, 6) is 0.596. The maximum absolute atomic E-state index is 11.9. The van der Waals surface area contributed by atoms with Crippen molar-refractivity contribution >= 4 is 17.3 Å². The van der Waals surface area contributed by atoms with Crippen molar-refractivity contribution in [1.82, 2.24) is 0 Å². The van der Waals surface area contributed by atoms with Crippen LogP contribution in [0, 0.1) is 0 Å². The molecule has 2 aromatic carbocycles. The first-order valence-electron chi connectivity index (χ1n) is 7.10. The van der Waals surface area contributed by atoms with E-state index < -0.39 is 0 Å². The molecule has 0 atom stereocenters. The van der Waals surface area contributed by atoms with Crippen LogP contribution in [0.15, 0.2) is 66.7 Å². The molecule has 0 aliphatic carbocycles. The second-order valence-corrected chi connectivity index (χ2v) is 5.01. The third-order valence-electron chi connectivity index (χ3n) is 2.86. The summed E-state index contributed by atoms with van der Waals surface area (Å²) in [5.41, 5.74) is 2.50. The monoisotopic (exact) mass is 296 g/mol. The largest absolute Gasteiger partial charge is 0.487 e. The van der Waals surface area contributed by atoms with Crippen molar-refractivity contribution < 1.29 is 9.53 Å². The van der Waals surface area contributed by atoms with E-state index in [1.165, 1.54) is 0 Å². The molecule has 2 rings (SSSR count). The average molecular weight is 296 g/mol. The molecular weight excluding hydrogens is 276 g/mol. The van der Waals surface area contributed by atoms with Gasteiger partial charge in [0.25, 0.3) is 0 Å². The SMILES string of the molecule is C=C(C)COc1ccccc1NCC(=O)Nc1ccccc1. The molecule has 2 aromatic rings. The van der Waals surface area contributed by atoms with Crippen LogP contribution in [0.25, 0.3) is 0 Å². The van der Waals surface area contributed by atoms with Gasteiger partial charge in [0.2, 0.25) is 5.91 Å². The Balaban J connectivity index is 1.91. The minimum atomic E-state index is -0.110. The highest BCUT2D eigenvalue weighted by atomic mass is 16.5. The van der Waals surface area contributed by atoms with Crippen molar-refractivity contribution in [3.05, 3.63) is 66.7 Å². The second-order valence-electron chi connectivity index (χ2n) is 5.01. The Bertz CT molecular complexity index is 639. The van der Waals surface area contributed by atoms with Crippen LogP contribution in [0.5, 0.6) is 5.75 Å². The Labute approximate surface area is 130 Å². The molecule has 4 nitrogen and oxygen atoms in total. The van der Waals surface area contributed by atoms with Crippen LogP contribution in [0.1, 0.15) is 6.92 Å².